The van der Waals surface area contributed by atoms with Gasteiger partial charge in [0, 0.05) is 27.6 Å². The number of ether oxygens (including phenoxy) is 2. The van der Waals surface area contributed by atoms with Crippen LogP contribution in [0.25, 0.3) is 0 Å². The Balaban J connectivity index is 2.34. The lowest BCUT2D eigenvalue weighted by Gasteiger charge is -2.13. The Labute approximate surface area is 146 Å². The lowest BCUT2D eigenvalue weighted by Crippen LogP contribution is -2.02. The van der Waals surface area contributed by atoms with Gasteiger partial charge >= 0.3 is 0 Å². The van der Waals surface area contributed by atoms with Crippen LogP contribution in [0.4, 0.5) is 0 Å². The van der Waals surface area contributed by atoms with Crippen molar-refractivity contribution < 1.29 is 9.47 Å². The minimum Gasteiger partial charge on any atom is -0.481 e. The normalized spacial score (nSPS) is 9.74. The topological polar surface area (TPSA) is 18.5 Å². The summed E-state index contributed by atoms with van der Waals surface area (Å²) in [6.45, 7) is 0.370. The molecule has 0 fully saturated rings. The van der Waals surface area contributed by atoms with Gasteiger partial charge in [-0.05, 0) is 36.4 Å². The molecule has 2 aromatic rings. The summed E-state index contributed by atoms with van der Waals surface area (Å²) >= 11 is 12.2. The predicted octanol–water partition coefficient (Wildman–Crippen LogP) is 4.61. The highest BCUT2D eigenvalue weighted by molar-refractivity contribution is 6.31. The van der Waals surface area contributed by atoms with E-state index in [2.05, 4.69) is 11.8 Å². The second kappa shape index (κ2) is 8.39. The van der Waals surface area contributed by atoms with Gasteiger partial charge in [0.1, 0.15) is 24.7 Å². The summed E-state index contributed by atoms with van der Waals surface area (Å²) in [6.07, 6.45) is 11.0. The van der Waals surface area contributed by atoms with E-state index in [-0.39, 0.29) is 13.2 Å². The summed E-state index contributed by atoms with van der Waals surface area (Å²) in [4.78, 5) is 0. The average Bonchev–Trinajstić information content (AvgIpc) is 2.53. The third kappa shape index (κ3) is 4.86. The van der Waals surface area contributed by atoms with Crippen LogP contribution in [-0.2, 0) is 6.42 Å². The molecule has 0 atom stereocenters. The molecule has 0 aliphatic carbocycles. The van der Waals surface area contributed by atoms with Crippen molar-refractivity contribution in [1.82, 2.24) is 0 Å². The molecular weight excluding hydrogens is 331 g/mol. The second-order valence-corrected chi connectivity index (χ2v) is 5.54. The first-order chi connectivity index (χ1) is 11.1. The maximum Gasteiger partial charge on any atom is 0.148 e. The average molecular weight is 345 g/mol. The van der Waals surface area contributed by atoms with Gasteiger partial charge in [-0.1, -0.05) is 35.0 Å². The van der Waals surface area contributed by atoms with Gasteiger partial charge in [-0.25, -0.2) is 0 Å². The maximum atomic E-state index is 6.09. The van der Waals surface area contributed by atoms with Crippen LogP contribution in [0.3, 0.4) is 0 Å². The lowest BCUT2D eigenvalue weighted by molar-refractivity contribution is 0.362. The molecule has 23 heavy (non-hydrogen) atoms. The summed E-state index contributed by atoms with van der Waals surface area (Å²) in [5.74, 6) is 6.25. The smallest absolute Gasteiger partial charge is 0.148 e. The first-order valence-corrected chi connectivity index (χ1v) is 7.59. The molecule has 0 heterocycles. The van der Waals surface area contributed by atoms with Crippen LogP contribution < -0.4 is 9.47 Å². The van der Waals surface area contributed by atoms with Crippen LogP contribution in [-0.4, -0.2) is 13.2 Å². The van der Waals surface area contributed by atoms with Crippen LogP contribution in [0.2, 0.25) is 10.0 Å². The third-order valence-corrected chi connectivity index (χ3v) is 3.52. The standard InChI is InChI=1S/C19H14Cl2O2/c1-3-9-22-18-7-5-16(20)12-14(18)11-15-13-17(21)6-8-19(15)23-10-4-2/h1-2,5-8,12-13H,9-11H2. The molecule has 0 unspecified atom stereocenters. The molecule has 0 aromatic heterocycles. The van der Waals surface area contributed by atoms with Crippen molar-refractivity contribution in [2.24, 2.45) is 0 Å². The van der Waals surface area contributed by atoms with Gasteiger partial charge in [0.05, 0.1) is 0 Å². The Morgan fingerprint density at radius 1 is 0.783 bits per heavy atom. The Bertz CT molecular complexity index is 704. The maximum absolute atomic E-state index is 6.09. The van der Waals surface area contributed by atoms with Gasteiger partial charge in [-0.3, -0.25) is 0 Å². The highest BCUT2D eigenvalue weighted by Crippen LogP contribution is 2.30. The van der Waals surface area contributed by atoms with Gasteiger partial charge < -0.3 is 9.47 Å². The molecule has 0 N–H and O–H groups in total. The van der Waals surface area contributed by atoms with Crippen molar-refractivity contribution in [1.29, 1.82) is 0 Å². The van der Waals surface area contributed by atoms with E-state index in [9.17, 15) is 0 Å². The molecule has 0 amide bonds. The number of terminal acetylenes is 2. The number of rotatable bonds is 6. The first kappa shape index (κ1) is 17.1. The number of hydrogen-bond acceptors (Lipinski definition) is 2. The van der Waals surface area contributed by atoms with Gasteiger partial charge in [-0.2, -0.15) is 0 Å². The molecule has 4 heteroatoms. The highest BCUT2D eigenvalue weighted by Gasteiger charge is 2.11. The highest BCUT2D eigenvalue weighted by atomic mass is 35.5. The number of benzene rings is 2. The lowest BCUT2D eigenvalue weighted by atomic mass is 10.0. The van der Waals surface area contributed by atoms with E-state index in [1.165, 1.54) is 0 Å². The summed E-state index contributed by atoms with van der Waals surface area (Å²) in [7, 11) is 0. The molecule has 0 radical (unpaired) electrons. The number of halogens is 2. The fourth-order valence-electron chi connectivity index (χ4n) is 2.10. The Morgan fingerprint density at radius 2 is 1.22 bits per heavy atom. The zero-order valence-corrected chi connectivity index (χ0v) is 13.8. The van der Waals surface area contributed by atoms with E-state index in [1.807, 2.05) is 12.1 Å². The fraction of sp³-hybridized carbons (Fsp3) is 0.158. The number of hydrogen-bond donors (Lipinski definition) is 0. The molecule has 116 valence electrons. The minimum atomic E-state index is 0.185. The van der Waals surface area contributed by atoms with E-state index in [0.29, 0.717) is 28.0 Å². The van der Waals surface area contributed by atoms with Crippen LogP contribution in [0.5, 0.6) is 11.5 Å². The zero-order valence-electron chi connectivity index (χ0n) is 12.3. The first-order valence-electron chi connectivity index (χ1n) is 6.83. The van der Waals surface area contributed by atoms with Crippen molar-refractivity contribution in [2.45, 2.75) is 6.42 Å². The Morgan fingerprint density at radius 3 is 1.61 bits per heavy atom. The molecule has 0 spiro atoms. The molecule has 2 aromatic carbocycles. The van der Waals surface area contributed by atoms with E-state index in [1.54, 1.807) is 24.3 Å². The molecular formula is C19H14Cl2O2. The predicted molar refractivity (Wildman–Crippen MR) is 94.4 cm³/mol. The van der Waals surface area contributed by atoms with Crippen molar-refractivity contribution in [3.05, 3.63) is 57.6 Å². The Hall–Kier alpha value is -2.26. The zero-order chi connectivity index (χ0) is 16.7. The van der Waals surface area contributed by atoms with E-state index < -0.39 is 0 Å². The van der Waals surface area contributed by atoms with Crippen LogP contribution in [0, 0.1) is 24.7 Å². The van der Waals surface area contributed by atoms with E-state index in [0.717, 1.165) is 11.1 Å². The molecule has 2 nitrogen and oxygen atoms in total. The summed E-state index contributed by atoms with van der Waals surface area (Å²) in [6, 6.07) is 10.8. The van der Waals surface area contributed by atoms with Gasteiger partial charge in [0.2, 0.25) is 0 Å². The summed E-state index contributed by atoms with van der Waals surface area (Å²) in [5.41, 5.74) is 1.78. The minimum absolute atomic E-state index is 0.185. The molecule has 0 saturated heterocycles. The molecule has 0 aliphatic heterocycles. The van der Waals surface area contributed by atoms with Gasteiger partial charge in [0.25, 0.3) is 0 Å². The third-order valence-electron chi connectivity index (χ3n) is 3.05. The van der Waals surface area contributed by atoms with Crippen LogP contribution in [0.1, 0.15) is 11.1 Å². The van der Waals surface area contributed by atoms with Gasteiger partial charge in [0.15, 0.2) is 0 Å². The van der Waals surface area contributed by atoms with Crippen molar-refractivity contribution in [3.8, 4) is 36.2 Å². The largest absolute Gasteiger partial charge is 0.481 e. The van der Waals surface area contributed by atoms with Crippen LogP contribution in [0.15, 0.2) is 36.4 Å². The Kier molecular flexibility index (Phi) is 6.24. The van der Waals surface area contributed by atoms with Crippen LogP contribution >= 0.6 is 23.2 Å². The van der Waals surface area contributed by atoms with Crippen molar-refractivity contribution in [2.75, 3.05) is 13.2 Å². The quantitative estimate of drug-likeness (QED) is 0.712. The van der Waals surface area contributed by atoms with Crippen molar-refractivity contribution >= 4 is 23.2 Å². The van der Waals surface area contributed by atoms with E-state index >= 15 is 0 Å². The fourth-order valence-corrected chi connectivity index (χ4v) is 2.49. The monoisotopic (exact) mass is 344 g/mol. The molecule has 2 rings (SSSR count). The molecule has 0 saturated carbocycles. The summed E-state index contributed by atoms with van der Waals surface area (Å²) < 4.78 is 11.1. The molecule has 0 aliphatic rings. The second-order valence-electron chi connectivity index (χ2n) is 4.67. The van der Waals surface area contributed by atoms with Crippen molar-refractivity contribution in [3.63, 3.8) is 0 Å². The summed E-state index contributed by atoms with van der Waals surface area (Å²) in [5, 5.41) is 1.22. The SMILES string of the molecule is C#CCOc1ccc(Cl)cc1Cc1cc(Cl)ccc1OCC#C. The molecule has 0 bridgehead atoms. The van der Waals surface area contributed by atoms with Gasteiger partial charge in [-0.15, -0.1) is 12.8 Å². The van der Waals surface area contributed by atoms with E-state index in [4.69, 9.17) is 45.5 Å².